The van der Waals surface area contributed by atoms with Crippen molar-refractivity contribution < 1.29 is 18.7 Å². The van der Waals surface area contributed by atoms with E-state index in [2.05, 4.69) is 10.1 Å². The summed E-state index contributed by atoms with van der Waals surface area (Å²) < 4.78 is 28.1. The summed E-state index contributed by atoms with van der Waals surface area (Å²) in [5.41, 5.74) is 1.83. The Bertz CT molecular complexity index is 806. The lowest BCUT2D eigenvalue weighted by atomic mass is 10.2. The minimum atomic E-state index is -2.49. The lowest BCUT2D eigenvalue weighted by Crippen LogP contribution is -2.28. The van der Waals surface area contributed by atoms with Gasteiger partial charge in [-0.05, 0) is 18.6 Å². The van der Waals surface area contributed by atoms with Crippen LogP contribution in [0.3, 0.4) is 0 Å². The Morgan fingerprint density at radius 2 is 2.08 bits per heavy atom. The number of piperidine rings is 1. The number of carboxylic acids is 1. The van der Waals surface area contributed by atoms with Gasteiger partial charge in [0.1, 0.15) is 5.82 Å². The Hall–Kier alpha value is -2.51. The number of alkyl halides is 2. The van der Waals surface area contributed by atoms with Crippen molar-refractivity contribution in [2.24, 2.45) is 11.8 Å². The quantitative estimate of drug-likeness (QED) is 0.926. The minimum absolute atomic E-state index is 0.134. The summed E-state index contributed by atoms with van der Waals surface area (Å²) in [5, 5.41) is 12.9. The standard InChI is InChI=1S/C16H16F2N4O2/c1-9-10(5-22-6-11(4-19-22)15(23)24)2-3-14(20-9)21-7-12-13(8-21)16(12,17)18/h2-4,6,12-13H,5,7-8H2,1H3,(H,23,24)/t12-,13?/m0/s1. The molecule has 2 aromatic heterocycles. The highest BCUT2D eigenvalue weighted by atomic mass is 19.3. The molecule has 8 heteroatoms. The van der Waals surface area contributed by atoms with Gasteiger partial charge in [0.05, 0.1) is 30.1 Å². The first-order valence-electron chi connectivity index (χ1n) is 7.71. The van der Waals surface area contributed by atoms with Crippen LogP contribution in [0.1, 0.15) is 21.6 Å². The van der Waals surface area contributed by atoms with Gasteiger partial charge in [-0.2, -0.15) is 5.10 Å². The van der Waals surface area contributed by atoms with Gasteiger partial charge >= 0.3 is 5.97 Å². The molecular formula is C16H16F2N4O2. The Morgan fingerprint density at radius 1 is 1.38 bits per heavy atom. The van der Waals surface area contributed by atoms with Crippen molar-refractivity contribution in [2.75, 3.05) is 18.0 Å². The fraction of sp³-hybridized carbons (Fsp3) is 0.438. The molecule has 0 radical (unpaired) electrons. The summed E-state index contributed by atoms with van der Waals surface area (Å²) in [6, 6.07) is 3.72. The molecule has 2 aliphatic rings. The maximum Gasteiger partial charge on any atom is 0.338 e. The summed E-state index contributed by atoms with van der Waals surface area (Å²) in [4.78, 5) is 17.3. The van der Waals surface area contributed by atoms with Crippen molar-refractivity contribution in [3.8, 4) is 0 Å². The molecule has 6 nitrogen and oxygen atoms in total. The molecule has 0 bridgehead atoms. The number of nitrogens with zero attached hydrogens (tertiary/aromatic N) is 4. The van der Waals surface area contributed by atoms with Crippen LogP contribution in [0.25, 0.3) is 0 Å². The first kappa shape index (κ1) is 15.0. The zero-order valence-electron chi connectivity index (χ0n) is 13.0. The number of fused-ring (bicyclic) bond motifs is 1. The fourth-order valence-corrected chi connectivity index (χ4v) is 3.35. The van der Waals surface area contributed by atoms with Gasteiger partial charge in [0.25, 0.3) is 5.92 Å². The number of anilines is 1. The molecule has 1 unspecified atom stereocenters. The maximum atomic E-state index is 13.3. The molecule has 0 spiro atoms. The van der Waals surface area contributed by atoms with E-state index in [-0.39, 0.29) is 5.56 Å². The zero-order chi connectivity index (χ0) is 17.1. The number of carbonyl (C=O) groups is 1. The topological polar surface area (TPSA) is 71.2 Å². The SMILES string of the molecule is Cc1nc(N2CC3[C@H](C2)C3(F)F)ccc1Cn1cc(C(=O)O)cn1. The van der Waals surface area contributed by atoms with Gasteiger partial charge < -0.3 is 10.0 Å². The van der Waals surface area contributed by atoms with Crippen LogP contribution in [-0.2, 0) is 6.54 Å². The summed E-state index contributed by atoms with van der Waals surface area (Å²) in [7, 11) is 0. The molecule has 126 valence electrons. The largest absolute Gasteiger partial charge is 0.478 e. The highest BCUT2D eigenvalue weighted by Gasteiger charge is 2.71. The van der Waals surface area contributed by atoms with Gasteiger partial charge in [-0.25, -0.2) is 18.6 Å². The molecule has 2 atom stereocenters. The molecule has 24 heavy (non-hydrogen) atoms. The molecular weight excluding hydrogens is 318 g/mol. The van der Waals surface area contributed by atoms with Crippen LogP contribution in [-0.4, -0.2) is 44.9 Å². The van der Waals surface area contributed by atoms with Crippen LogP contribution in [0.4, 0.5) is 14.6 Å². The monoisotopic (exact) mass is 334 g/mol. The van der Waals surface area contributed by atoms with Gasteiger partial charge in [-0.15, -0.1) is 0 Å². The summed E-state index contributed by atoms with van der Waals surface area (Å²) >= 11 is 0. The first-order valence-corrected chi connectivity index (χ1v) is 7.71. The fourth-order valence-electron chi connectivity index (χ4n) is 3.35. The van der Waals surface area contributed by atoms with E-state index in [1.807, 2.05) is 24.0 Å². The normalized spacial score (nSPS) is 24.0. The second kappa shape index (κ2) is 4.99. The molecule has 4 rings (SSSR count). The lowest BCUT2D eigenvalue weighted by Gasteiger charge is -2.21. The second-order valence-electron chi connectivity index (χ2n) is 6.44. The number of aromatic carboxylic acids is 1. The van der Waals surface area contributed by atoms with E-state index in [1.165, 1.54) is 12.4 Å². The molecule has 1 saturated carbocycles. The van der Waals surface area contributed by atoms with E-state index >= 15 is 0 Å². The third-order valence-electron chi connectivity index (χ3n) is 4.92. The van der Waals surface area contributed by atoms with Crippen LogP contribution < -0.4 is 4.90 Å². The summed E-state index contributed by atoms with van der Waals surface area (Å²) in [6.07, 6.45) is 2.77. The second-order valence-corrected chi connectivity index (χ2v) is 6.44. The zero-order valence-corrected chi connectivity index (χ0v) is 13.0. The van der Waals surface area contributed by atoms with E-state index in [9.17, 15) is 13.6 Å². The van der Waals surface area contributed by atoms with Crippen molar-refractivity contribution in [2.45, 2.75) is 19.4 Å². The predicted octanol–water partition coefficient (Wildman–Crippen LogP) is 2.03. The average molecular weight is 334 g/mol. The van der Waals surface area contributed by atoms with E-state index < -0.39 is 23.7 Å². The molecule has 2 fully saturated rings. The third-order valence-corrected chi connectivity index (χ3v) is 4.92. The van der Waals surface area contributed by atoms with Crippen LogP contribution in [0.15, 0.2) is 24.5 Å². The summed E-state index contributed by atoms with van der Waals surface area (Å²) in [6.45, 7) is 2.97. The number of halogens is 2. The smallest absolute Gasteiger partial charge is 0.338 e. The number of rotatable bonds is 4. The Morgan fingerprint density at radius 3 is 2.67 bits per heavy atom. The number of carboxylic acid groups (broad SMARTS) is 1. The third kappa shape index (κ3) is 2.33. The van der Waals surface area contributed by atoms with E-state index in [4.69, 9.17) is 5.11 Å². The van der Waals surface area contributed by atoms with Gasteiger partial charge in [-0.1, -0.05) is 6.07 Å². The number of aryl methyl sites for hydroxylation is 1. The number of hydrogen-bond donors (Lipinski definition) is 1. The van der Waals surface area contributed by atoms with Gasteiger partial charge in [-0.3, -0.25) is 4.68 Å². The van der Waals surface area contributed by atoms with Crippen molar-refractivity contribution >= 4 is 11.8 Å². The predicted molar refractivity (Wildman–Crippen MR) is 81.4 cm³/mol. The van der Waals surface area contributed by atoms with Crippen LogP contribution in [0.2, 0.25) is 0 Å². The first-order chi connectivity index (χ1) is 11.4. The van der Waals surface area contributed by atoms with Crippen LogP contribution in [0.5, 0.6) is 0 Å². The molecule has 1 aliphatic heterocycles. The average Bonchev–Trinajstić information content (AvgIpc) is 3.00. The van der Waals surface area contributed by atoms with E-state index in [0.29, 0.717) is 25.5 Å². The van der Waals surface area contributed by atoms with Crippen molar-refractivity contribution in [1.29, 1.82) is 0 Å². The van der Waals surface area contributed by atoms with Gasteiger partial charge in [0.15, 0.2) is 0 Å². The molecule has 0 aromatic carbocycles. The maximum absolute atomic E-state index is 13.3. The molecule has 1 aliphatic carbocycles. The van der Waals surface area contributed by atoms with Crippen molar-refractivity contribution in [1.82, 2.24) is 14.8 Å². The highest BCUT2D eigenvalue weighted by Crippen LogP contribution is 2.59. The lowest BCUT2D eigenvalue weighted by molar-refractivity contribution is 0.0696. The van der Waals surface area contributed by atoms with Gasteiger partial charge in [0.2, 0.25) is 0 Å². The van der Waals surface area contributed by atoms with E-state index in [0.717, 1.165) is 11.3 Å². The Kier molecular flexibility index (Phi) is 3.13. The van der Waals surface area contributed by atoms with Crippen LogP contribution >= 0.6 is 0 Å². The highest BCUT2D eigenvalue weighted by molar-refractivity contribution is 5.86. The van der Waals surface area contributed by atoms with Crippen molar-refractivity contribution in [3.05, 3.63) is 41.3 Å². The summed E-state index contributed by atoms with van der Waals surface area (Å²) in [5.74, 6) is -3.86. The molecule has 1 saturated heterocycles. The minimum Gasteiger partial charge on any atom is -0.478 e. The molecule has 3 heterocycles. The molecule has 1 N–H and O–H groups in total. The van der Waals surface area contributed by atoms with Crippen molar-refractivity contribution in [3.63, 3.8) is 0 Å². The number of hydrogen-bond acceptors (Lipinski definition) is 4. The number of aromatic nitrogens is 3. The van der Waals surface area contributed by atoms with Crippen LogP contribution in [0, 0.1) is 18.8 Å². The molecule has 2 aromatic rings. The Balaban J connectivity index is 1.47. The van der Waals surface area contributed by atoms with Gasteiger partial charge in [0, 0.05) is 25.0 Å². The number of pyridine rings is 1. The van der Waals surface area contributed by atoms with E-state index in [1.54, 1.807) is 4.68 Å². The Labute approximate surface area is 136 Å². The molecule has 0 amide bonds.